The smallest absolute Gasteiger partial charge is 0.289 e. The number of benzene rings is 1. The third-order valence-electron chi connectivity index (χ3n) is 4.43. The van der Waals surface area contributed by atoms with Gasteiger partial charge in [0, 0.05) is 36.4 Å². The maximum Gasteiger partial charge on any atom is 0.289 e. The molecule has 0 saturated heterocycles. The molecule has 1 aromatic carbocycles. The number of halogens is 1. The van der Waals surface area contributed by atoms with Crippen molar-refractivity contribution in [2.75, 3.05) is 16.8 Å². The molecule has 0 saturated carbocycles. The number of carbonyl (C=O) groups is 1. The molecule has 4 rings (SSSR count). The molecule has 28 heavy (non-hydrogen) atoms. The zero-order chi connectivity index (χ0) is 19.7. The lowest BCUT2D eigenvalue weighted by Crippen LogP contribution is -2.28. The summed E-state index contributed by atoms with van der Waals surface area (Å²) < 4.78 is 0. The molecule has 3 heterocycles. The molecular formula is C19H14ClN5O3. The summed E-state index contributed by atoms with van der Waals surface area (Å²) in [6, 6.07) is 10.3. The number of rotatable bonds is 4. The molecule has 0 aliphatic carbocycles. The van der Waals surface area contributed by atoms with Crippen molar-refractivity contribution in [2.45, 2.75) is 6.42 Å². The van der Waals surface area contributed by atoms with Crippen LogP contribution in [0.5, 0.6) is 0 Å². The molecule has 0 fully saturated rings. The van der Waals surface area contributed by atoms with Gasteiger partial charge >= 0.3 is 0 Å². The molecule has 0 bridgehead atoms. The predicted octanol–water partition coefficient (Wildman–Crippen LogP) is 3.98. The van der Waals surface area contributed by atoms with Gasteiger partial charge in [-0.25, -0.2) is 4.98 Å². The molecule has 1 aliphatic rings. The molecule has 0 atom stereocenters. The van der Waals surface area contributed by atoms with Crippen LogP contribution in [0.3, 0.4) is 0 Å². The lowest BCUT2D eigenvalue weighted by Gasteiger charge is -2.17. The Balaban J connectivity index is 1.56. The molecule has 140 valence electrons. The van der Waals surface area contributed by atoms with E-state index in [1.54, 1.807) is 29.4 Å². The number of carbonyl (C=O) groups excluding carboxylic acids is 1. The lowest BCUT2D eigenvalue weighted by molar-refractivity contribution is -0.385. The highest BCUT2D eigenvalue weighted by Gasteiger charge is 2.26. The highest BCUT2D eigenvalue weighted by molar-refractivity contribution is 6.33. The topological polar surface area (TPSA) is 101 Å². The third kappa shape index (κ3) is 3.37. The predicted molar refractivity (Wildman–Crippen MR) is 105 cm³/mol. The highest BCUT2D eigenvalue weighted by atomic mass is 35.5. The summed E-state index contributed by atoms with van der Waals surface area (Å²) in [6.07, 6.45) is 5.05. The Morgan fingerprint density at radius 2 is 2.11 bits per heavy atom. The molecule has 1 N–H and O–H groups in total. The van der Waals surface area contributed by atoms with Crippen LogP contribution in [0.4, 0.5) is 22.9 Å². The quantitative estimate of drug-likeness (QED) is 0.529. The van der Waals surface area contributed by atoms with Gasteiger partial charge in [0.25, 0.3) is 11.6 Å². The Labute approximate surface area is 165 Å². The SMILES string of the molecule is O=C(c1cccnc1)N1CCc2cc(Nc3ncc([N+](=O)[O-])cc3Cl)ccc21. The number of nitrogens with one attached hydrogen (secondary N) is 1. The number of pyridine rings is 2. The summed E-state index contributed by atoms with van der Waals surface area (Å²) in [6.45, 7) is 0.586. The van der Waals surface area contributed by atoms with Gasteiger partial charge < -0.3 is 10.2 Å². The van der Waals surface area contributed by atoms with Gasteiger partial charge in [0.1, 0.15) is 12.0 Å². The number of amides is 1. The van der Waals surface area contributed by atoms with Crippen LogP contribution in [0.15, 0.2) is 55.0 Å². The molecule has 1 aliphatic heterocycles. The van der Waals surface area contributed by atoms with E-state index in [1.807, 2.05) is 18.2 Å². The van der Waals surface area contributed by atoms with E-state index in [4.69, 9.17) is 11.6 Å². The number of fused-ring (bicyclic) bond motifs is 1. The minimum Gasteiger partial charge on any atom is -0.339 e. The fourth-order valence-corrected chi connectivity index (χ4v) is 3.30. The molecule has 3 aromatic rings. The molecule has 2 aromatic heterocycles. The zero-order valence-electron chi connectivity index (χ0n) is 14.5. The molecule has 0 spiro atoms. The Bertz CT molecular complexity index is 1070. The van der Waals surface area contributed by atoms with Crippen molar-refractivity contribution in [1.82, 2.24) is 9.97 Å². The Hall–Kier alpha value is -3.52. The van der Waals surface area contributed by atoms with Gasteiger partial charge in [-0.1, -0.05) is 11.6 Å². The number of nitrogens with zero attached hydrogens (tertiary/aromatic N) is 4. The summed E-state index contributed by atoms with van der Waals surface area (Å²) >= 11 is 6.08. The van der Waals surface area contributed by atoms with Crippen LogP contribution in [0, 0.1) is 10.1 Å². The minimum atomic E-state index is -0.550. The first-order chi connectivity index (χ1) is 13.5. The maximum atomic E-state index is 12.7. The maximum absolute atomic E-state index is 12.7. The fourth-order valence-electron chi connectivity index (χ4n) is 3.09. The normalized spacial score (nSPS) is 12.5. The second kappa shape index (κ2) is 7.24. The van der Waals surface area contributed by atoms with E-state index in [-0.39, 0.29) is 16.6 Å². The zero-order valence-corrected chi connectivity index (χ0v) is 15.3. The monoisotopic (exact) mass is 395 g/mol. The van der Waals surface area contributed by atoms with Gasteiger partial charge in [0.2, 0.25) is 0 Å². The Morgan fingerprint density at radius 1 is 1.25 bits per heavy atom. The van der Waals surface area contributed by atoms with Crippen molar-refractivity contribution in [2.24, 2.45) is 0 Å². The first kappa shape index (κ1) is 17.9. The standard InChI is InChI=1S/C19H14ClN5O3/c20-16-9-15(25(27)28)11-22-18(16)23-14-3-4-17-12(8-14)5-7-24(17)19(26)13-2-1-6-21-10-13/h1-4,6,8-11H,5,7H2,(H,22,23). The van der Waals surface area contributed by atoms with Crippen molar-refractivity contribution in [3.8, 4) is 0 Å². The minimum absolute atomic E-state index is 0.0901. The molecule has 0 unspecified atom stereocenters. The molecule has 1 amide bonds. The summed E-state index contributed by atoms with van der Waals surface area (Å²) in [5, 5.41) is 14.0. The van der Waals surface area contributed by atoms with Crippen LogP contribution in [0.2, 0.25) is 5.02 Å². The largest absolute Gasteiger partial charge is 0.339 e. The van der Waals surface area contributed by atoms with Crippen molar-refractivity contribution in [1.29, 1.82) is 0 Å². The van der Waals surface area contributed by atoms with E-state index in [9.17, 15) is 14.9 Å². The average Bonchev–Trinajstić information content (AvgIpc) is 3.12. The number of hydrogen-bond acceptors (Lipinski definition) is 6. The van der Waals surface area contributed by atoms with Gasteiger partial charge in [-0.3, -0.25) is 19.9 Å². The van der Waals surface area contributed by atoms with Gasteiger partial charge in [-0.2, -0.15) is 0 Å². The van der Waals surface area contributed by atoms with Crippen molar-refractivity contribution >= 4 is 40.4 Å². The van der Waals surface area contributed by atoms with Gasteiger partial charge in [0.15, 0.2) is 0 Å². The number of aromatic nitrogens is 2. The van der Waals surface area contributed by atoms with E-state index < -0.39 is 4.92 Å². The van der Waals surface area contributed by atoms with E-state index in [0.29, 0.717) is 17.9 Å². The van der Waals surface area contributed by atoms with E-state index in [0.717, 1.165) is 29.6 Å². The molecule has 9 heteroatoms. The van der Waals surface area contributed by atoms with Crippen LogP contribution < -0.4 is 10.2 Å². The lowest BCUT2D eigenvalue weighted by atomic mass is 10.1. The van der Waals surface area contributed by atoms with Crippen LogP contribution in [-0.4, -0.2) is 27.3 Å². The first-order valence-corrected chi connectivity index (χ1v) is 8.82. The molecule has 0 radical (unpaired) electrons. The Morgan fingerprint density at radius 3 is 2.82 bits per heavy atom. The number of nitro groups is 1. The summed E-state index contributed by atoms with van der Waals surface area (Å²) in [5.74, 6) is 0.237. The summed E-state index contributed by atoms with van der Waals surface area (Å²) in [4.78, 5) is 32.7. The fraction of sp³-hybridized carbons (Fsp3) is 0.105. The van der Waals surface area contributed by atoms with E-state index in [1.165, 1.54) is 6.07 Å². The van der Waals surface area contributed by atoms with Crippen molar-refractivity contribution in [3.05, 3.63) is 81.3 Å². The Kier molecular flexibility index (Phi) is 4.62. The van der Waals surface area contributed by atoms with Crippen LogP contribution in [0.25, 0.3) is 0 Å². The molecular weight excluding hydrogens is 382 g/mol. The average molecular weight is 396 g/mol. The van der Waals surface area contributed by atoms with Gasteiger partial charge in [-0.15, -0.1) is 0 Å². The number of anilines is 3. The van der Waals surface area contributed by atoms with Crippen LogP contribution in [0.1, 0.15) is 15.9 Å². The van der Waals surface area contributed by atoms with E-state index >= 15 is 0 Å². The summed E-state index contributed by atoms with van der Waals surface area (Å²) in [5.41, 5.74) is 2.97. The van der Waals surface area contributed by atoms with E-state index in [2.05, 4.69) is 15.3 Å². The van der Waals surface area contributed by atoms with Crippen molar-refractivity contribution < 1.29 is 9.72 Å². The summed E-state index contributed by atoms with van der Waals surface area (Å²) in [7, 11) is 0. The van der Waals surface area contributed by atoms with Gasteiger partial charge in [-0.05, 0) is 42.3 Å². The van der Waals surface area contributed by atoms with Gasteiger partial charge in [0.05, 0.1) is 15.5 Å². The van der Waals surface area contributed by atoms with Crippen molar-refractivity contribution in [3.63, 3.8) is 0 Å². The second-order valence-corrected chi connectivity index (χ2v) is 6.61. The number of hydrogen-bond donors (Lipinski definition) is 1. The second-order valence-electron chi connectivity index (χ2n) is 6.20. The highest BCUT2D eigenvalue weighted by Crippen LogP contribution is 2.33. The van der Waals surface area contributed by atoms with Crippen LogP contribution >= 0.6 is 11.6 Å². The first-order valence-electron chi connectivity index (χ1n) is 8.45. The van der Waals surface area contributed by atoms with Crippen LogP contribution in [-0.2, 0) is 6.42 Å². The molecule has 8 nitrogen and oxygen atoms in total. The third-order valence-corrected chi connectivity index (χ3v) is 4.72.